The Bertz CT molecular complexity index is 1270. The SMILES string of the molecule is Cc1cc2cccc(C(=O)NC(C)C3=CC=C(C(=O)O)CC3)c2n1Cc1cccc(Cl)c1. The molecule has 1 atom stereocenters. The number of allylic oxidation sites excluding steroid dienone is 2. The fraction of sp³-hybridized carbons (Fsp3) is 0.231. The molecule has 6 heteroatoms. The summed E-state index contributed by atoms with van der Waals surface area (Å²) in [7, 11) is 0. The van der Waals surface area contributed by atoms with Gasteiger partial charge in [0, 0.05) is 34.3 Å². The quantitative estimate of drug-likeness (QED) is 0.523. The van der Waals surface area contributed by atoms with E-state index in [0.29, 0.717) is 35.5 Å². The Kier molecular flexibility index (Phi) is 6.19. The zero-order chi connectivity index (χ0) is 22.8. The summed E-state index contributed by atoms with van der Waals surface area (Å²) >= 11 is 6.17. The number of hydrogen-bond donors (Lipinski definition) is 2. The number of aliphatic carboxylic acids is 1. The Balaban J connectivity index is 1.63. The van der Waals surface area contributed by atoms with E-state index in [1.54, 1.807) is 6.08 Å². The molecule has 1 unspecified atom stereocenters. The number of hydrogen-bond acceptors (Lipinski definition) is 2. The zero-order valence-electron chi connectivity index (χ0n) is 18.1. The number of amides is 1. The predicted octanol–water partition coefficient (Wildman–Crippen LogP) is 5.50. The fourth-order valence-corrected chi connectivity index (χ4v) is 4.44. The maximum absolute atomic E-state index is 13.3. The van der Waals surface area contributed by atoms with Crippen LogP contribution in [0.15, 0.2) is 71.8 Å². The molecule has 0 saturated carbocycles. The van der Waals surface area contributed by atoms with E-state index in [0.717, 1.165) is 27.7 Å². The molecule has 0 radical (unpaired) electrons. The normalized spacial score (nSPS) is 14.6. The molecule has 1 heterocycles. The molecular weight excluding hydrogens is 424 g/mol. The van der Waals surface area contributed by atoms with Gasteiger partial charge in [0.15, 0.2) is 0 Å². The Labute approximate surface area is 192 Å². The van der Waals surface area contributed by atoms with Gasteiger partial charge >= 0.3 is 5.97 Å². The molecule has 2 aromatic carbocycles. The lowest BCUT2D eigenvalue weighted by Gasteiger charge is -2.21. The first-order chi connectivity index (χ1) is 15.3. The van der Waals surface area contributed by atoms with Gasteiger partial charge in [-0.25, -0.2) is 4.79 Å². The van der Waals surface area contributed by atoms with Crippen LogP contribution in [0.5, 0.6) is 0 Å². The monoisotopic (exact) mass is 448 g/mol. The maximum atomic E-state index is 13.3. The van der Waals surface area contributed by atoms with Crippen molar-refractivity contribution >= 4 is 34.4 Å². The molecule has 1 amide bonds. The van der Waals surface area contributed by atoms with Crippen LogP contribution in [0.1, 0.15) is 41.4 Å². The van der Waals surface area contributed by atoms with Gasteiger partial charge in [-0.2, -0.15) is 0 Å². The van der Waals surface area contributed by atoms with E-state index in [1.165, 1.54) is 0 Å². The van der Waals surface area contributed by atoms with Crippen LogP contribution in [-0.2, 0) is 11.3 Å². The molecule has 164 valence electrons. The number of benzene rings is 2. The van der Waals surface area contributed by atoms with Gasteiger partial charge in [-0.15, -0.1) is 0 Å². The number of carboxylic acid groups (broad SMARTS) is 1. The summed E-state index contributed by atoms with van der Waals surface area (Å²) < 4.78 is 2.14. The van der Waals surface area contributed by atoms with E-state index >= 15 is 0 Å². The van der Waals surface area contributed by atoms with Crippen LogP contribution in [0.25, 0.3) is 10.9 Å². The molecule has 2 N–H and O–H groups in total. The summed E-state index contributed by atoms with van der Waals surface area (Å²) in [5, 5.41) is 13.9. The van der Waals surface area contributed by atoms with Crippen molar-refractivity contribution in [2.45, 2.75) is 39.3 Å². The number of aromatic nitrogens is 1. The molecule has 1 aliphatic rings. The highest BCUT2D eigenvalue weighted by Gasteiger charge is 2.20. The first kappa shape index (κ1) is 21.9. The van der Waals surface area contributed by atoms with Crippen molar-refractivity contribution in [1.29, 1.82) is 0 Å². The molecular formula is C26H25ClN2O3. The molecule has 4 rings (SSSR count). The van der Waals surface area contributed by atoms with E-state index < -0.39 is 5.97 Å². The summed E-state index contributed by atoms with van der Waals surface area (Å²) in [6.45, 7) is 4.58. The van der Waals surface area contributed by atoms with Crippen LogP contribution in [-0.4, -0.2) is 27.6 Å². The summed E-state index contributed by atoms with van der Waals surface area (Å²) in [5.74, 6) is -1.04. The molecule has 0 bridgehead atoms. The van der Waals surface area contributed by atoms with E-state index in [1.807, 2.05) is 62.4 Å². The number of nitrogens with zero attached hydrogens (tertiary/aromatic N) is 1. The van der Waals surface area contributed by atoms with Crippen molar-refractivity contribution in [1.82, 2.24) is 9.88 Å². The Morgan fingerprint density at radius 3 is 2.59 bits per heavy atom. The second-order valence-electron chi connectivity index (χ2n) is 8.18. The van der Waals surface area contributed by atoms with Gasteiger partial charge in [-0.1, -0.05) is 48.0 Å². The lowest BCUT2D eigenvalue weighted by atomic mass is 9.94. The molecule has 1 aliphatic carbocycles. The molecule has 0 aliphatic heterocycles. The number of carboxylic acids is 1. The average Bonchev–Trinajstić information content (AvgIpc) is 3.08. The highest BCUT2D eigenvalue weighted by molar-refractivity contribution is 6.30. The van der Waals surface area contributed by atoms with Crippen molar-refractivity contribution < 1.29 is 14.7 Å². The molecule has 32 heavy (non-hydrogen) atoms. The number of fused-ring (bicyclic) bond motifs is 1. The third kappa shape index (κ3) is 4.48. The Hall–Kier alpha value is -3.31. The lowest BCUT2D eigenvalue weighted by Crippen LogP contribution is -2.34. The number of carbonyl (C=O) groups excluding carboxylic acids is 1. The molecule has 0 saturated heterocycles. The molecule has 1 aromatic heterocycles. The van der Waals surface area contributed by atoms with Gasteiger partial charge in [-0.05, 0) is 62.1 Å². The number of halogens is 1. The summed E-state index contributed by atoms with van der Waals surface area (Å²) in [4.78, 5) is 24.4. The molecule has 3 aromatic rings. The minimum absolute atomic E-state index is 0.151. The summed E-state index contributed by atoms with van der Waals surface area (Å²) in [6, 6.07) is 15.4. The van der Waals surface area contributed by atoms with Crippen LogP contribution in [0.3, 0.4) is 0 Å². The Morgan fingerprint density at radius 2 is 1.91 bits per heavy atom. The van der Waals surface area contributed by atoms with Crippen LogP contribution >= 0.6 is 11.6 Å². The van der Waals surface area contributed by atoms with Crippen molar-refractivity contribution in [2.75, 3.05) is 0 Å². The minimum atomic E-state index is -0.889. The van der Waals surface area contributed by atoms with E-state index in [4.69, 9.17) is 16.7 Å². The third-order valence-corrected chi connectivity index (χ3v) is 6.20. The van der Waals surface area contributed by atoms with Crippen molar-refractivity contribution in [3.8, 4) is 0 Å². The first-order valence-electron chi connectivity index (χ1n) is 10.6. The lowest BCUT2D eigenvalue weighted by molar-refractivity contribution is -0.132. The second-order valence-corrected chi connectivity index (χ2v) is 8.62. The van der Waals surface area contributed by atoms with Crippen LogP contribution < -0.4 is 5.32 Å². The highest BCUT2D eigenvalue weighted by Crippen LogP contribution is 2.26. The number of carbonyl (C=O) groups is 2. The fourth-order valence-electron chi connectivity index (χ4n) is 4.22. The molecule has 5 nitrogen and oxygen atoms in total. The van der Waals surface area contributed by atoms with Gasteiger partial charge in [0.05, 0.1) is 11.1 Å². The van der Waals surface area contributed by atoms with Crippen LogP contribution in [0.2, 0.25) is 5.02 Å². The Morgan fingerprint density at radius 1 is 1.12 bits per heavy atom. The van der Waals surface area contributed by atoms with E-state index in [2.05, 4.69) is 16.0 Å². The average molecular weight is 449 g/mol. The third-order valence-electron chi connectivity index (χ3n) is 5.96. The number of rotatable bonds is 6. The summed E-state index contributed by atoms with van der Waals surface area (Å²) in [6.07, 6.45) is 4.53. The van der Waals surface area contributed by atoms with E-state index in [-0.39, 0.29) is 11.9 Å². The first-order valence-corrected chi connectivity index (χ1v) is 11.0. The van der Waals surface area contributed by atoms with Gasteiger partial charge in [0.1, 0.15) is 0 Å². The summed E-state index contributed by atoms with van der Waals surface area (Å²) in [5.41, 5.74) is 5.04. The minimum Gasteiger partial charge on any atom is -0.478 e. The molecule has 0 fully saturated rings. The van der Waals surface area contributed by atoms with Gasteiger partial charge in [-0.3, -0.25) is 4.79 Å². The van der Waals surface area contributed by atoms with Gasteiger partial charge in [0.2, 0.25) is 0 Å². The smallest absolute Gasteiger partial charge is 0.331 e. The van der Waals surface area contributed by atoms with Crippen molar-refractivity contribution in [3.05, 3.63) is 93.7 Å². The van der Waals surface area contributed by atoms with Crippen molar-refractivity contribution in [3.63, 3.8) is 0 Å². The van der Waals surface area contributed by atoms with Gasteiger partial charge < -0.3 is 15.0 Å². The standard InChI is InChI=1S/C26H25ClN2O3/c1-16-13-21-6-4-8-23(24(21)29(16)15-18-5-3-7-22(27)14-18)25(30)28-17(2)19-9-11-20(12-10-19)26(31)32/h3-9,11,13-14,17H,10,12,15H2,1-2H3,(H,28,30)(H,31,32). The van der Waals surface area contributed by atoms with Gasteiger partial charge in [0.25, 0.3) is 5.91 Å². The topological polar surface area (TPSA) is 71.3 Å². The predicted molar refractivity (Wildman–Crippen MR) is 127 cm³/mol. The second kappa shape index (κ2) is 9.05. The highest BCUT2D eigenvalue weighted by atomic mass is 35.5. The van der Waals surface area contributed by atoms with E-state index in [9.17, 15) is 9.59 Å². The maximum Gasteiger partial charge on any atom is 0.331 e. The van der Waals surface area contributed by atoms with Crippen LogP contribution in [0.4, 0.5) is 0 Å². The van der Waals surface area contributed by atoms with Crippen LogP contribution in [0, 0.1) is 6.92 Å². The number of para-hydroxylation sites is 1. The number of nitrogens with one attached hydrogen (secondary N) is 1. The molecule has 0 spiro atoms. The zero-order valence-corrected chi connectivity index (χ0v) is 18.8. The number of aryl methyl sites for hydroxylation is 1. The largest absolute Gasteiger partial charge is 0.478 e. The van der Waals surface area contributed by atoms with Crippen molar-refractivity contribution in [2.24, 2.45) is 0 Å².